The number of benzene rings is 1. The van der Waals surface area contributed by atoms with E-state index in [4.69, 9.17) is 0 Å². The topological polar surface area (TPSA) is 52.6 Å². The molecule has 0 atom stereocenters. The Morgan fingerprint density at radius 1 is 1.04 bits per heavy atom. The summed E-state index contributed by atoms with van der Waals surface area (Å²) in [5.74, 6) is 1.75. The van der Waals surface area contributed by atoms with Gasteiger partial charge in [-0.25, -0.2) is 4.98 Å². The van der Waals surface area contributed by atoms with Crippen molar-refractivity contribution in [3.05, 3.63) is 47.2 Å². The van der Waals surface area contributed by atoms with Gasteiger partial charge < -0.3 is 14.7 Å². The Bertz CT molecular complexity index is 766. The first-order valence-electron chi connectivity index (χ1n) is 8.58. The molecule has 0 saturated carbocycles. The maximum atomic E-state index is 12.7. The molecule has 0 bridgehead atoms. The van der Waals surface area contributed by atoms with Crippen molar-refractivity contribution >= 4 is 17.7 Å². The van der Waals surface area contributed by atoms with Gasteiger partial charge in [-0.05, 0) is 25.5 Å². The molecule has 1 saturated heterocycles. The molecule has 0 unspecified atom stereocenters. The molecule has 0 spiro atoms. The van der Waals surface area contributed by atoms with E-state index in [9.17, 15) is 4.79 Å². The fraction of sp³-hybridized carbons (Fsp3) is 0.421. The molecule has 0 N–H and O–H groups in total. The predicted molar refractivity (Wildman–Crippen MR) is 100 cm³/mol. The lowest BCUT2D eigenvalue weighted by Gasteiger charge is -2.35. The summed E-state index contributed by atoms with van der Waals surface area (Å²) >= 11 is 0. The van der Waals surface area contributed by atoms with Crippen LogP contribution in [0.4, 0.5) is 11.8 Å². The third kappa shape index (κ3) is 3.73. The lowest BCUT2D eigenvalue weighted by atomic mass is 10.1. The third-order valence-electron chi connectivity index (χ3n) is 4.51. The van der Waals surface area contributed by atoms with Crippen LogP contribution in [0.3, 0.4) is 0 Å². The summed E-state index contributed by atoms with van der Waals surface area (Å²) in [5, 5.41) is 0. The van der Waals surface area contributed by atoms with Gasteiger partial charge in [0, 0.05) is 57.6 Å². The van der Waals surface area contributed by atoms with Gasteiger partial charge in [0.25, 0.3) is 5.91 Å². The highest BCUT2D eigenvalue weighted by atomic mass is 16.2. The Morgan fingerprint density at radius 2 is 1.72 bits per heavy atom. The number of carbonyl (C=O) groups excluding carboxylic acids is 1. The van der Waals surface area contributed by atoms with Crippen molar-refractivity contribution < 1.29 is 4.79 Å². The smallest absolute Gasteiger partial charge is 0.254 e. The first-order valence-corrected chi connectivity index (χ1v) is 8.58. The molecule has 1 fully saturated rings. The van der Waals surface area contributed by atoms with Gasteiger partial charge in [-0.3, -0.25) is 4.79 Å². The Kier molecular flexibility index (Phi) is 4.88. The highest BCUT2D eigenvalue weighted by Gasteiger charge is 2.24. The van der Waals surface area contributed by atoms with E-state index in [1.165, 1.54) is 0 Å². The van der Waals surface area contributed by atoms with Crippen molar-refractivity contribution in [2.24, 2.45) is 0 Å². The number of aromatic nitrogens is 2. The zero-order chi connectivity index (χ0) is 18.0. The lowest BCUT2D eigenvalue weighted by Crippen LogP contribution is -2.49. The molecule has 2 heterocycles. The molecule has 132 valence electrons. The van der Waals surface area contributed by atoms with Crippen LogP contribution in [0.15, 0.2) is 30.3 Å². The van der Waals surface area contributed by atoms with Crippen LogP contribution in [0.5, 0.6) is 0 Å². The maximum Gasteiger partial charge on any atom is 0.254 e. The van der Waals surface area contributed by atoms with Crippen molar-refractivity contribution in [1.29, 1.82) is 0 Å². The number of hydrogen-bond donors (Lipinski definition) is 0. The lowest BCUT2D eigenvalue weighted by molar-refractivity contribution is 0.0745. The summed E-state index contributed by atoms with van der Waals surface area (Å²) < 4.78 is 0. The second-order valence-corrected chi connectivity index (χ2v) is 6.66. The quantitative estimate of drug-likeness (QED) is 0.857. The van der Waals surface area contributed by atoms with Crippen molar-refractivity contribution in [2.45, 2.75) is 13.8 Å². The van der Waals surface area contributed by atoms with Crippen LogP contribution in [0.1, 0.15) is 21.6 Å². The summed E-state index contributed by atoms with van der Waals surface area (Å²) in [6.07, 6.45) is 0. The molecule has 0 aliphatic carbocycles. The molecule has 1 aromatic carbocycles. The monoisotopic (exact) mass is 339 g/mol. The number of anilines is 2. The summed E-state index contributed by atoms with van der Waals surface area (Å²) in [5.41, 5.74) is 2.76. The van der Waals surface area contributed by atoms with Crippen molar-refractivity contribution in [3.63, 3.8) is 0 Å². The van der Waals surface area contributed by atoms with Gasteiger partial charge in [0.2, 0.25) is 5.95 Å². The molecule has 1 aliphatic heterocycles. The summed E-state index contributed by atoms with van der Waals surface area (Å²) in [4.78, 5) is 28.0. The molecule has 1 aliphatic rings. The second kappa shape index (κ2) is 7.09. The molecular formula is C19H25N5O. The maximum absolute atomic E-state index is 12.7. The molecule has 6 heteroatoms. The van der Waals surface area contributed by atoms with Gasteiger partial charge in [-0.1, -0.05) is 18.2 Å². The Labute approximate surface area is 149 Å². The molecule has 3 rings (SSSR count). The highest BCUT2D eigenvalue weighted by molar-refractivity contribution is 5.95. The van der Waals surface area contributed by atoms with E-state index >= 15 is 0 Å². The van der Waals surface area contributed by atoms with Crippen molar-refractivity contribution in [3.8, 4) is 0 Å². The van der Waals surface area contributed by atoms with Gasteiger partial charge in [0.15, 0.2) is 0 Å². The van der Waals surface area contributed by atoms with E-state index in [0.717, 1.165) is 41.7 Å². The molecule has 0 radical (unpaired) electrons. The van der Waals surface area contributed by atoms with Crippen LogP contribution in [0.25, 0.3) is 0 Å². The van der Waals surface area contributed by atoms with Crippen LogP contribution in [0.2, 0.25) is 0 Å². The molecule has 2 aromatic rings. The minimum atomic E-state index is 0.108. The van der Waals surface area contributed by atoms with Crippen molar-refractivity contribution in [1.82, 2.24) is 14.9 Å². The van der Waals surface area contributed by atoms with Gasteiger partial charge >= 0.3 is 0 Å². The van der Waals surface area contributed by atoms with Gasteiger partial charge in [-0.15, -0.1) is 0 Å². The van der Waals surface area contributed by atoms with Crippen LogP contribution in [-0.2, 0) is 0 Å². The average molecular weight is 339 g/mol. The van der Waals surface area contributed by atoms with E-state index in [1.807, 2.05) is 68.1 Å². The molecule has 1 aromatic heterocycles. The van der Waals surface area contributed by atoms with Crippen LogP contribution < -0.4 is 9.80 Å². The largest absolute Gasteiger partial charge is 0.363 e. The Hall–Kier alpha value is -2.63. The van der Waals surface area contributed by atoms with Crippen LogP contribution in [-0.4, -0.2) is 61.0 Å². The molecular weight excluding hydrogens is 314 g/mol. The van der Waals surface area contributed by atoms with E-state index in [0.29, 0.717) is 13.1 Å². The standard InChI is InChI=1S/C19H25N5O/c1-14-7-5-6-8-16(14)18(25)23-9-11-24(12-10-23)19-20-15(2)13-17(21-19)22(3)4/h5-8,13H,9-12H2,1-4H3. The minimum absolute atomic E-state index is 0.108. The SMILES string of the molecule is Cc1cc(N(C)C)nc(N2CCN(C(=O)c3ccccc3C)CC2)n1. The molecule has 25 heavy (non-hydrogen) atoms. The molecule has 6 nitrogen and oxygen atoms in total. The normalized spacial score (nSPS) is 14.6. The fourth-order valence-electron chi connectivity index (χ4n) is 3.00. The zero-order valence-electron chi connectivity index (χ0n) is 15.4. The van der Waals surface area contributed by atoms with Crippen molar-refractivity contribution in [2.75, 3.05) is 50.1 Å². The Balaban J connectivity index is 1.70. The number of hydrogen-bond acceptors (Lipinski definition) is 5. The summed E-state index contributed by atoms with van der Waals surface area (Å²) in [6.45, 7) is 6.81. The predicted octanol–water partition coefficient (Wildman–Crippen LogP) is 2.12. The molecule has 1 amide bonds. The Morgan fingerprint density at radius 3 is 2.36 bits per heavy atom. The van der Waals surface area contributed by atoms with E-state index in [-0.39, 0.29) is 5.91 Å². The van der Waals surface area contributed by atoms with Crippen LogP contribution >= 0.6 is 0 Å². The van der Waals surface area contributed by atoms with E-state index in [1.54, 1.807) is 0 Å². The summed E-state index contributed by atoms with van der Waals surface area (Å²) in [6, 6.07) is 9.73. The van der Waals surface area contributed by atoms with E-state index in [2.05, 4.69) is 14.9 Å². The first kappa shape index (κ1) is 17.2. The number of aryl methyl sites for hydroxylation is 2. The van der Waals surface area contributed by atoms with Gasteiger partial charge in [0.05, 0.1) is 0 Å². The van der Waals surface area contributed by atoms with Gasteiger partial charge in [-0.2, -0.15) is 4.98 Å². The average Bonchev–Trinajstić information content (AvgIpc) is 2.61. The summed E-state index contributed by atoms with van der Waals surface area (Å²) in [7, 11) is 3.95. The number of piperazine rings is 1. The third-order valence-corrected chi connectivity index (χ3v) is 4.51. The fourth-order valence-corrected chi connectivity index (χ4v) is 3.00. The highest BCUT2D eigenvalue weighted by Crippen LogP contribution is 2.18. The number of nitrogens with zero attached hydrogens (tertiary/aromatic N) is 5. The minimum Gasteiger partial charge on any atom is -0.363 e. The number of rotatable bonds is 3. The first-order chi connectivity index (χ1) is 12.0. The number of amides is 1. The van der Waals surface area contributed by atoms with E-state index < -0.39 is 0 Å². The second-order valence-electron chi connectivity index (χ2n) is 6.66. The zero-order valence-corrected chi connectivity index (χ0v) is 15.4. The van der Waals surface area contributed by atoms with Gasteiger partial charge in [0.1, 0.15) is 5.82 Å². The number of carbonyl (C=O) groups is 1. The van der Waals surface area contributed by atoms with Crippen LogP contribution in [0, 0.1) is 13.8 Å².